The molecule has 0 saturated carbocycles. The number of nitrogens with zero attached hydrogens (tertiary/aromatic N) is 1. The second-order valence-corrected chi connectivity index (χ2v) is 5.57. The minimum absolute atomic E-state index is 0.137. The van der Waals surface area contributed by atoms with E-state index in [4.69, 9.17) is 16.9 Å². The molecule has 0 atom stereocenters. The third kappa shape index (κ3) is 2.94. The van der Waals surface area contributed by atoms with Crippen molar-refractivity contribution in [2.45, 2.75) is 11.3 Å². The van der Waals surface area contributed by atoms with Gasteiger partial charge in [0.1, 0.15) is 11.9 Å². The Hall–Kier alpha value is -1.12. The van der Waals surface area contributed by atoms with E-state index in [1.54, 1.807) is 6.07 Å². The van der Waals surface area contributed by atoms with E-state index in [0.29, 0.717) is 6.42 Å². The first-order valence-corrected chi connectivity index (χ1v) is 6.68. The van der Waals surface area contributed by atoms with Crippen molar-refractivity contribution in [3.63, 3.8) is 0 Å². The Balaban J connectivity index is 3.19. The zero-order valence-corrected chi connectivity index (χ0v) is 9.85. The fourth-order valence-corrected chi connectivity index (χ4v) is 2.97. The molecular formula is C10H9ClFNO2S. The first kappa shape index (κ1) is 12.9. The number of halogens is 2. The first-order valence-electron chi connectivity index (χ1n) is 4.49. The molecule has 0 heterocycles. The fraction of sp³-hybridized carbons (Fsp3) is 0.300. The molecule has 1 rings (SSSR count). The molecule has 0 bridgehead atoms. The van der Waals surface area contributed by atoms with Crippen LogP contribution < -0.4 is 0 Å². The molecule has 0 aliphatic heterocycles. The van der Waals surface area contributed by atoms with Crippen LogP contribution in [0.3, 0.4) is 0 Å². The van der Waals surface area contributed by atoms with E-state index < -0.39 is 15.7 Å². The van der Waals surface area contributed by atoms with Crippen LogP contribution in [0, 0.1) is 17.1 Å². The molecule has 16 heavy (non-hydrogen) atoms. The van der Waals surface area contributed by atoms with Gasteiger partial charge < -0.3 is 0 Å². The Morgan fingerprint density at radius 2 is 2.12 bits per heavy atom. The Morgan fingerprint density at radius 3 is 2.69 bits per heavy atom. The van der Waals surface area contributed by atoms with Gasteiger partial charge in [-0.05, 0) is 24.6 Å². The van der Waals surface area contributed by atoms with Gasteiger partial charge in [-0.25, -0.2) is 12.8 Å². The summed E-state index contributed by atoms with van der Waals surface area (Å²) in [5.41, 5.74) is -0.172. The normalized spacial score (nSPS) is 11.1. The molecule has 0 saturated heterocycles. The molecule has 0 aliphatic rings. The van der Waals surface area contributed by atoms with E-state index in [-0.39, 0.29) is 22.1 Å². The van der Waals surface area contributed by atoms with Gasteiger partial charge in [-0.2, -0.15) is 5.26 Å². The standard InChI is InChI=1S/C10H9ClFNO2S/c11-4-1-5-16(14,15)10-3-2-9(12)6-8(10)7-13/h2-3,6H,1,4-5H2. The molecule has 0 spiro atoms. The molecule has 0 amide bonds. The molecule has 0 radical (unpaired) electrons. The quantitative estimate of drug-likeness (QED) is 0.616. The third-order valence-electron chi connectivity index (χ3n) is 1.94. The molecule has 1 aromatic rings. The Kier molecular flexibility index (Phi) is 4.27. The smallest absolute Gasteiger partial charge is 0.179 e. The third-order valence-corrected chi connectivity index (χ3v) is 4.06. The summed E-state index contributed by atoms with van der Waals surface area (Å²) >= 11 is 5.40. The average Bonchev–Trinajstić information content (AvgIpc) is 2.26. The Labute approximate surface area is 98.4 Å². The van der Waals surface area contributed by atoms with Crippen LogP contribution in [-0.2, 0) is 9.84 Å². The molecule has 86 valence electrons. The molecule has 0 aliphatic carbocycles. The van der Waals surface area contributed by atoms with Gasteiger partial charge in [0.2, 0.25) is 0 Å². The second kappa shape index (κ2) is 5.28. The largest absolute Gasteiger partial charge is 0.224 e. The van der Waals surface area contributed by atoms with Gasteiger partial charge in [0.15, 0.2) is 9.84 Å². The molecule has 0 unspecified atom stereocenters. The predicted molar refractivity (Wildman–Crippen MR) is 58.5 cm³/mol. The monoisotopic (exact) mass is 261 g/mol. The lowest BCUT2D eigenvalue weighted by molar-refractivity contribution is 0.593. The maximum absolute atomic E-state index is 12.8. The van der Waals surface area contributed by atoms with E-state index in [2.05, 4.69) is 0 Å². The van der Waals surface area contributed by atoms with E-state index in [1.165, 1.54) is 0 Å². The molecule has 0 fully saturated rings. The van der Waals surface area contributed by atoms with Crippen molar-refractivity contribution in [2.75, 3.05) is 11.6 Å². The number of alkyl halides is 1. The number of rotatable bonds is 4. The van der Waals surface area contributed by atoms with Gasteiger partial charge in [0.25, 0.3) is 0 Å². The van der Waals surface area contributed by atoms with Gasteiger partial charge in [0.05, 0.1) is 16.2 Å². The van der Waals surface area contributed by atoms with Crippen LogP contribution in [0.4, 0.5) is 4.39 Å². The van der Waals surface area contributed by atoms with Gasteiger partial charge in [-0.1, -0.05) is 0 Å². The maximum atomic E-state index is 12.8. The van der Waals surface area contributed by atoms with Crippen LogP contribution in [0.5, 0.6) is 0 Å². The van der Waals surface area contributed by atoms with Crippen molar-refractivity contribution >= 4 is 21.4 Å². The van der Waals surface area contributed by atoms with Gasteiger partial charge in [-0.3, -0.25) is 0 Å². The van der Waals surface area contributed by atoms with E-state index >= 15 is 0 Å². The van der Waals surface area contributed by atoms with Gasteiger partial charge in [0, 0.05) is 5.88 Å². The summed E-state index contributed by atoms with van der Waals surface area (Å²) in [5.74, 6) is -0.549. The van der Waals surface area contributed by atoms with E-state index in [0.717, 1.165) is 18.2 Å². The van der Waals surface area contributed by atoms with Crippen molar-refractivity contribution < 1.29 is 12.8 Å². The Morgan fingerprint density at radius 1 is 1.44 bits per heavy atom. The van der Waals surface area contributed by atoms with E-state index in [9.17, 15) is 12.8 Å². The lowest BCUT2D eigenvalue weighted by Gasteiger charge is -2.05. The zero-order chi connectivity index (χ0) is 12.2. The average molecular weight is 262 g/mol. The SMILES string of the molecule is N#Cc1cc(F)ccc1S(=O)(=O)CCCCl. The van der Waals surface area contributed by atoms with Crippen LogP contribution in [0.1, 0.15) is 12.0 Å². The van der Waals surface area contributed by atoms with Crippen LogP contribution in [0.15, 0.2) is 23.1 Å². The summed E-state index contributed by atoms with van der Waals surface area (Å²) in [5, 5.41) is 8.72. The summed E-state index contributed by atoms with van der Waals surface area (Å²) in [4.78, 5) is -0.137. The summed E-state index contributed by atoms with van der Waals surface area (Å²) in [6, 6.07) is 4.71. The van der Waals surface area contributed by atoms with Crippen molar-refractivity contribution in [1.82, 2.24) is 0 Å². The summed E-state index contributed by atoms with van der Waals surface area (Å²) in [7, 11) is -3.56. The number of benzene rings is 1. The minimum Gasteiger partial charge on any atom is -0.224 e. The molecule has 1 aromatic carbocycles. The second-order valence-electron chi connectivity index (χ2n) is 3.11. The van der Waals surface area contributed by atoms with Crippen molar-refractivity contribution in [1.29, 1.82) is 5.26 Å². The highest BCUT2D eigenvalue weighted by Crippen LogP contribution is 2.18. The van der Waals surface area contributed by atoms with Crippen molar-refractivity contribution in [2.24, 2.45) is 0 Å². The minimum atomic E-state index is -3.56. The van der Waals surface area contributed by atoms with Crippen LogP contribution in [-0.4, -0.2) is 20.1 Å². The Bertz CT molecular complexity index is 522. The molecule has 3 nitrogen and oxygen atoms in total. The first-order chi connectivity index (χ1) is 7.51. The summed E-state index contributed by atoms with van der Waals surface area (Å²) in [6.07, 6.45) is 0.298. The van der Waals surface area contributed by atoms with E-state index in [1.807, 2.05) is 0 Å². The fourth-order valence-electron chi connectivity index (χ4n) is 1.22. The highest BCUT2D eigenvalue weighted by atomic mass is 35.5. The number of sulfone groups is 1. The van der Waals surface area contributed by atoms with Gasteiger partial charge in [-0.15, -0.1) is 11.6 Å². The molecule has 0 N–H and O–H groups in total. The predicted octanol–water partition coefficient (Wildman–Crippen LogP) is 2.10. The lowest BCUT2D eigenvalue weighted by atomic mass is 10.2. The van der Waals surface area contributed by atoms with Gasteiger partial charge >= 0.3 is 0 Å². The number of hydrogen-bond acceptors (Lipinski definition) is 3. The zero-order valence-electron chi connectivity index (χ0n) is 8.28. The number of nitriles is 1. The molecule has 0 aromatic heterocycles. The highest BCUT2D eigenvalue weighted by molar-refractivity contribution is 7.91. The van der Waals surface area contributed by atoms with Crippen LogP contribution in [0.2, 0.25) is 0 Å². The highest BCUT2D eigenvalue weighted by Gasteiger charge is 2.18. The van der Waals surface area contributed by atoms with Crippen molar-refractivity contribution in [3.8, 4) is 6.07 Å². The van der Waals surface area contributed by atoms with Crippen LogP contribution >= 0.6 is 11.6 Å². The molecule has 6 heteroatoms. The van der Waals surface area contributed by atoms with Crippen molar-refractivity contribution in [3.05, 3.63) is 29.6 Å². The topological polar surface area (TPSA) is 57.9 Å². The maximum Gasteiger partial charge on any atom is 0.179 e. The number of hydrogen-bond donors (Lipinski definition) is 0. The molecular weight excluding hydrogens is 253 g/mol. The summed E-state index contributed by atoms with van der Waals surface area (Å²) in [6.45, 7) is 0. The summed E-state index contributed by atoms with van der Waals surface area (Å²) < 4.78 is 36.3. The lowest BCUT2D eigenvalue weighted by Crippen LogP contribution is -2.09. The van der Waals surface area contributed by atoms with Crippen LogP contribution in [0.25, 0.3) is 0 Å².